The number of rotatable bonds is 4. The highest BCUT2D eigenvalue weighted by atomic mass is 16.1. The molecule has 1 aromatic rings. The second kappa shape index (κ2) is 5.67. The van der Waals surface area contributed by atoms with Gasteiger partial charge < -0.3 is 10.2 Å². The molecule has 1 amide bonds. The molecular weight excluding hydrogens is 226 g/mol. The molecule has 18 heavy (non-hydrogen) atoms. The van der Waals surface area contributed by atoms with Crippen LogP contribution in [0.15, 0.2) is 30.5 Å². The molecule has 1 N–H and O–H groups in total. The van der Waals surface area contributed by atoms with Gasteiger partial charge in [-0.15, -0.1) is 0 Å². The first kappa shape index (κ1) is 12.6. The van der Waals surface area contributed by atoms with E-state index in [9.17, 15) is 4.79 Å². The number of carbonyl (C=O) groups excluding carboxylic acids is 1. The van der Waals surface area contributed by atoms with Crippen molar-refractivity contribution in [3.05, 3.63) is 30.5 Å². The molecule has 1 atom stereocenters. The lowest BCUT2D eigenvalue weighted by molar-refractivity contribution is -0.116. The molecule has 0 aromatic carbocycles. The molecule has 4 nitrogen and oxygen atoms in total. The molecule has 4 heteroatoms. The molecule has 1 aromatic heterocycles. The van der Waals surface area contributed by atoms with E-state index in [0.29, 0.717) is 12.3 Å². The lowest BCUT2D eigenvalue weighted by atomic mass is 10.1. The molecule has 96 valence electrons. The zero-order valence-corrected chi connectivity index (χ0v) is 10.9. The average molecular weight is 245 g/mol. The highest BCUT2D eigenvalue weighted by molar-refractivity contribution is 5.90. The van der Waals surface area contributed by atoms with Crippen molar-refractivity contribution in [1.29, 1.82) is 0 Å². The minimum absolute atomic E-state index is 0.0611. The van der Waals surface area contributed by atoms with E-state index >= 15 is 0 Å². The second-order valence-electron chi connectivity index (χ2n) is 4.82. The Morgan fingerprint density at radius 3 is 2.89 bits per heavy atom. The fourth-order valence-electron chi connectivity index (χ4n) is 2.04. The Labute approximate surface area is 108 Å². The number of anilines is 2. The third-order valence-corrected chi connectivity index (χ3v) is 3.05. The van der Waals surface area contributed by atoms with Crippen LogP contribution in [0.2, 0.25) is 0 Å². The minimum atomic E-state index is 0.0611. The summed E-state index contributed by atoms with van der Waals surface area (Å²) in [5.41, 5.74) is 0.757. The SMILES string of the molecule is CN(C)c1ccc(NC(=O)CC2C=CCC2)cn1. The van der Waals surface area contributed by atoms with E-state index in [1.807, 2.05) is 31.1 Å². The van der Waals surface area contributed by atoms with Crippen LogP contribution >= 0.6 is 0 Å². The number of carbonyl (C=O) groups is 1. The first-order chi connectivity index (χ1) is 8.65. The zero-order chi connectivity index (χ0) is 13.0. The van der Waals surface area contributed by atoms with Crippen molar-refractivity contribution in [3.63, 3.8) is 0 Å². The standard InChI is InChI=1S/C14H19N3O/c1-17(2)13-8-7-12(10-15-13)16-14(18)9-11-5-3-4-6-11/h3,5,7-8,10-11H,4,6,9H2,1-2H3,(H,16,18). The van der Waals surface area contributed by atoms with Crippen LogP contribution in [0.4, 0.5) is 11.5 Å². The summed E-state index contributed by atoms with van der Waals surface area (Å²) >= 11 is 0. The summed E-state index contributed by atoms with van der Waals surface area (Å²) < 4.78 is 0. The molecule has 2 rings (SSSR count). The Bertz CT molecular complexity index is 437. The molecule has 1 heterocycles. The first-order valence-electron chi connectivity index (χ1n) is 6.25. The van der Waals surface area contributed by atoms with E-state index in [-0.39, 0.29) is 5.91 Å². The number of amides is 1. The minimum Gasteiger partial charge on any atom is -0.363 e. The molecule has 0 radical (unpaired) electrons. The lowest BCUT2D eigenvalue weighted by Crippen LogP contribution is -2.15. The van der Waals surface area contributed by atoms with Crippen LogP contribution in [-0.4, -0.2) is 25.0 Å². The molecule has 0 saturated carbocycles. The highest BCUT2D eigenvalue weighted by Crippen LogP contribution is 2.21. The molecule has 0 fully saturated rings. The quantitative estimate of drug-likeness (QED) is 0.829. The maximum Gasteiger partial charge on any atom is 0.225 e. The molecule has 0 saturated heterocycles. The molecule has 1 aliphatic carbocycles. The van der Waals surface area contributed by atoms with Gasteiger partial charge in [0.1, 0.15) is 5.82 Å². The van der Waals surface area contributed by atoms with Crippen molar-refractivity contribution in [2.45, 2.75) is 19.3 Å². The van der Waals surface area contributed by atoms with Crippen molar-refractivity contribution in [3.8, 4) is 0 Å². The van der Waals surface area contributed by atoms with Crippen LogP contribution < -0.4 is 10.2 Å². The normalized spacial score (nSPS) is 17.8. The lowest BCUT2D eigenvalue weighted by Gasteiger charge is -2.12. The molecule has 1 aliphatic rings. The number of pyridine rings is 1. The van der Waals surface area contributed by atoms with E-state index in [0.717, 1.165) is 24.3 Å². The van der Waals surface area contributed by atoms with Gasteiger partial charge in [0, 0.05) is 20.5 Å². The zero-order valence-electron chi connectivity index (χ0n) is 10.9. The van der Waals surface area contributed by atoms with Gasteiger partial charge in [-0.2, -0.15) is 0 Å². The number of allylic oxidation sites excluding steroid dienone is 2. The van der Waals surface area contributed by atoms with Crippen molar-refractivity contribution in [2.75, 3.05) is 24.3 Å². The highest BCUT2D eigenvalue weighted by Gasteiger charge is 2.14. The third-order valence-electron chi connectivity index (χ3n) is 3.05. The predicted molar refractivity (Wildman–Crippen MR) is 73.7 cm³/mol. The van der Waals surface area contributed by atoms with Gasteiger partial charge in [-0.25, -0.2) is 4.98 Å². The van der Waals surface area contributed by atoms with Gasteiger partial charge in [-0.05, 0) is 30.9 Å². The second-order valence-corrected chi connectivity index (χ2v) is 4.82. The van der Waals surface area contributed by atoms with Crippen LogP contribution in [0.3, 0.4) is 0 Å². The van der Waals surface area contributed by atoms with Crippen LogP contribution in [0, 0.1) is 5.92 Å². The number of aromatic nitrogens is 1. The summed E-state index contributed by atoms with van der Waals surface area (Å²) in [6, 6.07) is 3.77. The Morgan fingerprint density at radius 2 is 2.33 bits per heavy atom. The molecule has 0 spiro atoms. The van der Waals surface area contributed by atoms with Gasteiger partial charge in [-0.1, -0.05) is 12.2 Å². The molecule has 0 aliphatic heterocycles. The summed E-state index contributed by atoms with van der Waals surface area (Å²) in [5, 5.41) is 2.88. The van der Waals surface area contributed by atoms with E-state index in [1.54, 1.807) is 6.20 Å². The van der Waals surface area contributed by atoms with Crippen molar-refractivity contribution < 1.29 is 4.79 Å². The topological polar surface area (TPSA) is 45.2 Å². The van der Waals surface area contributed by atoms with E-state index in [4.69, 9.17) is 0 Å². The number of nitrogens with one attached hydrogen (secondary N) is 1. The van der Waals surface area contributed by atoms with Gasteiger partial charge in [0.05, 0.1) is 11.9 Å². The van der Waals surface area contributed by atoms with Crippen LogP contribution in [0.1, 0.15) is 19.3 Å². The van der Waals surface area contributed by atoms with Gasteiger partial charge in [0.25, 0.3) is 0 Å². The maximum absolute atomic E-state index is 11.8. The fourth-order valence-corrected chi connectivity index (χ4v) is 2.04. The van der Waals surface area contributed by atoms with Crippen molar-refractivity contribution in [2.24, 2.45) is 5.92 Å². The maximum atomic E-state index is 11.8. The van der Waals surface area contributed by atoms with Crippen molar-refractivity contribution in [1.82, 2.24) is 4.98 Å². The summed E-state index contributed by atoms with van der Waals surface area (Å²) in [7, 11) is 3.88. The van der Waals surface area contributed by atoms with Gasteiger partial charge in [0.15, 0.2) is 0 Å². The molecule has 0 bridgehead atoms. The first-order valence-corrected chi connectivity index (χ1v) is 6.25. The van der Waals surface area contributed by atoms with Gasteiger partial charge in [0.2, 0.25) is 5.91 Å². The monoisotopic (exact) mass is 245 g/mol. The summed E-state index contributed by atoms with van der Waals surface area (Å²) in [5.74, 6) is 1.34. The number of hydrogen-bond donors (Lipinski definition) is 1. The van der Waals surface area contributed by atoms with E-state index in [2.05, 4.69) is 22.5 Å². The summed E-state index contributed by atoms with van der Waals surface area (Å²) in [6.45, 7) is 0. The van der Waals surface area contributed by atoms with E-state index < -0.39 is 0 Å². The van der Waals surface area contributed by atoms with Gasteiger partial charge >= 0.3 is 0 Å². The van der Waals surface area contributed by atoms with E-state index in [1.165, 1.54) is 0 Å². The molecular formula is C14H19N3O. The predicted octanol–water partition coefficient (Wildman–Crippen LogP) is 2.44. The third kappa shape index (κ3) is 3.32. The Morgan fingerprint density at radius 1 is 1.50 bits per heavy atom. The van der Waals surface area contributed by atoms with Crippen LogP contribution in [-0.2, 0) is 4.79 Å². The number of nitrogens with zero attached hydrogens (tertiary/aromatic N) is 2. The van der Waals surface area contributed by atoms with Crippen molar-refractivity contribution >= 4 is 17.4 Å². The van der Waals surface area contributed by atoms with Crippen LogP contribution in [0.5, 0.6) is 0 Å². The Kier molecular flexibility index (Phi) is 3.97. The molecule has 1 unspecified atom stereocenters. The Balaban J connectivity index is 1.88. The Hall–Kier alpha value is -1.84. The average Bonchev–Trinajstić information content (AvgIpc) is 2.82. The summed E-state index contributed by atoms with van der Waals surface area (Å²) in [4.78, 5) is 18.0. The largest absolute Gasteiger partial charge is 0.363 e. The summed E-state index contributed by atoms with van der Waals surface area (Å²) in [6.07, 6.45) is 8.71. The fraction of sp³-hybridized carbons (Fsp3) is 0.429. The smallest absolute Gasteiger partial charge is 0.225 e. The van der Waals surface area contributed by atoms with Crippen LogP contribution in [0.25, 0.3) is 0 Å². The number of hydrogen-bond acceptors (Lipinski definition) is 3. The van der Waals surface area contributed by atoms with Gasteiger partial charge in [-0.3, -0.25) is 4.79 Å².